The van der Waals surface area contributed by atoms with Gasteiger partial charge in [-0.2, -0.15) is 0 Å². The smallest absolute Gasteiger partial charge is 0.225 e. The van der Waals surface area contributed by atoms with Crippen molar-refractivity contribution in [2.75, 3.05) is 13.1 Å². The van der Waals surface area contributed by atoms with E-state index < -0.39 is 23.9 Å². The zero-order valence-electron chi connectivity index (χ0n) is 38.3. The van der Waals surface area contributed by atoms with Gasteiger partial charge in [-0.25, -0.2) is 0 Å². The lowest BCUT2D eigenvalue weighted by Gasteiger charge is -2.22. The van der Waals surface area contributed by atoms with Crippen LogP contribution in [-0.4, -0.2) is 65.9 Å². The molecule has 0 aliphatic carbocycles. The van der Waals surface area contributed by atoms with Crippen LogP contribution in [0.15, 0.2) is 58.5 Å². The number of aromatic nitrogens is 6. The highest BCUT2D eigenvalue weighted by molar-refractivity contribution is 7.15. The normalized spacial score (nSPS) is 16.3. The number of rotatable bonds is 16. The first kappa shape index (κ1) is 46.5. The summed E-state index contributed by atoms with van der Waals surface area (Å²) in [4.78, 5) is 41.2. The van der Waals surface area contributed by atoms with E-state index in [0.717, 1.165) is 98.6 Å². The third kappa shape index (κ3) is 9.11. The highest BCUT2D eigenvalue weighted by Gasteiger charge is 2.39. The van der Waals surface area contributed by atoms with Crippen LogP contribution in [0.1, 0.15) is 137 Å². The van der Waals surface area contributed by atoms with E-state index in [-0.39, 0.29) is 11.8 Å². The maximum atomic E-state index is 14.0. The van der Waals surface area contributed by atoms with Crippen LogP contribution >= 0.6 is 45.9 Å². The molecule has 0 bridgehead atoms. The first-order chi connectivity index (χ1) is 31.3. The van der Waals surface area contributed by atoms with E-state index >= 15 is 0 Å². The summed E-state index contributed by atoms with van der Waals surface area (Å²) in [6, 6.07) is 14.4. The molecule has 6 heterocycles. The van der Waals surface area contributed by atoms with Crippen LogP contribution in [0.5, 0.6) is 0 Å². The Morgan fingerprint density at radius 1 is 0.585 bits per heavy atom. The third-order valence-corrected chi connectivity index (χ3v) is 15.8. The number of aryl methyl sites for hydroxylation is 4. The van der Waals surface area contributed by atoms with E-state index in [4.69, 9.17) is 33.2 Å². The average molecular weight is 952 g/mol. The van der Waals surface area contributed by atoms with Crippen molar-refractivity contribution in [1.29, 1.82) is 0 Å². The summed E-state index contributed by atoms with van der Waals surface area (Å²) in [6.45, 7) is 17.6. The Balaban J connectivity index is 0.870. The number of hydrogen-bond acceptors (Lipinski definition) is 10. The second kappa shape index (κ2) is 19.8. The van der Waals surface area contributed by atoms with Crippen molar-refractivity contribution >= 4 is 69.1 Å². The van der Waals surface area contributed by atoms with Gasteiger partial charge in [0, 0.05) is 55.1 Å². The molecule has 2 amide bonds. The molecule has 8 rings (SSSR count). The topological polar surface area (TPSA) is 144 Å². The first-order valence-corrected chi connectivity index (χ1v) is 25.0. The van der Waals surface area contributed by atoms with Gasteiger partial charge in [-0.1, -0.05) is 80.6 Å². The maximum absolute atomic E-state index is 14.0. The van der Waals surface area contributed by atoms with Gasteiger partial charge in [-0.05, 0) is 103 Å². The lowest BCUT2D eigenvalue weighted by Crippen LogP contribution is -2.35. The molecule has 4 atom stereocenters. The van der Waals surface area contributed by atoms with Crippen LogP contribution < -0.4 is 10.6 Å². The van der Waals surface area contributed by atoms with E-state index in [2.05, 4.69) is 67.9 Å². The predicted octanol–water partition coefficient (Wildman–Crippen LogP) is 10.8. The number of nitrogens with zero attached hydrogens (tertiary/aromatic N) is 8. The van der Waals surface area contributed by atoms with Gasteiger partial charge in [0.15, 0.2) is 11.6 Å². The molecule has 2 aliphatic heterocycles. The Hall–Kier alpha value is -5.02. The lowest BCUT2D eigenvalue weighted by molar-refractivity contribution is -0.126. The van der Waals surface area contributed by atoms with E-state index in [1.807, 2.05) is 76.2 Å². The number of fused-ring (bicyclic) bond motifs is 6. The highest BCUT2D eigenvalue weighted by atomic mass is 35.5. The Morgan fingerprint density at radius 2 is 0.954 bits per heavy atom. The number of benzene rings is 2. The molecule has 2 aromatic carbocycles. The van der Waals surface area contributed by atoms with Crippen LogP contribution in [-0.2, 0) is 9.59 Å². The maximum Gasteiger partial charge on any atom is 0.225 e. The van der Waals surface area contributed by atoms with Gasteiger partial charge in [0.1, 0.15) is 33.7 Å². The van der Waals surface area contributed by atoms with Gasteiger partial charge < -0.3 is 10.6 Å². The van der Waals surface area contributed by atoms with Crippen molar-refractivity contribution in [2.45, 2.75) is 112 Å². The average Bonchev–Trinajstić information content (AvgIpc) is 3.98. The minimum atomic E-state index is -0.529. The molecule has 0 saturated carbocycles. The minimum absolute atomic E-state index is 0.0391. The number of halogens is 2. The number of carbonyl (C=O) groups is 2. The van der Waals surface area contributed by atoms with E-state index in [9.17, 15) is 9.59 Å². The van der Waals surface area contributed by atoms with Crippen LogP contribution in [0, 0.1) is 53.4 Å². The molecule has 65 heavy (non-hydrogen) atoms. The lowest BCUT2D eigenvalue weighted by atomic mass is 9.94. The quantitative estimate of drug-likeness (QED) is 0.0925. The largest absolute Gasteiger partial charge is 0.356 e. The summed E-state index contributed by atoms with van der Waals surface area (Å²) in [5, 5.41) is 28.0. The van der Waals surface area contributed by atoms with Crippen molar-refractivity contribution in [3.63, 3.8) is 0 Å². The Kier molecular flexibility index (Phi) is 14.2. The van der Waals surface area contributed by atoms with Gasteiger partial charge in [0.25, 0.3) is 0 Å². The first-order valence-electron chi connectivity index (χ1n) is 22.6. The van der Waals surface area contributed by atoms with Crippen LogP contribution in [0.25, 0.3) is 10.0 Å². The fourth-order valence-corrected chi connectivity index (χ4v) is 11.7. The summed E-state index contributed by atoms with van der Waals surface area (Å²) in [7, 11) is 0. The number of unbranched alkanes of at least 4 members (excludes halogenated alkanes) is 4. The molecule has 0 spiro atoms. The van der Waals surface area contributed by atoms with Crippen molar-refractivity contribution in [3.8, 4) is 10.0 Å². The Bertz CT molecular complexity index is 2590. The van der Waals surface area contributed by atoms with Gasteiger partial charge in [0.05, 0.1) is 23.3 Å². The minimum Gasteiger partial charge on any atom is -0.356 e. The third-order valence-electron chi connectivity index (χ3n) is 12.9. The summed E-state index contributed by atoms with van der Waals surface area (Å²) in [6.07, 6.45) is 5.77. The molecule has 0 radical (unpaired) electrons. The fourth-order valence-electron chi connectivity index (χ4n) is 9.02. The van der Waals surface area contributed by atoms with Crippen molar-refractivity contribution in [2.24, 2.45) is 21.8 Å². The number of hydrogen-bond donors (Lipinski definition) is 2. The molecule has 6 aromatic rings. The number of carbonyl (C=O) groups excluding carboxylic acids is 2. The van der Waals surface area contributed by atoms with Crippen LogP contribution in [0.3, 0.4) is 0 Å². The molecule has 340 valence electrons. The second-order valence-electron chi connectivity index (χ2n) is 17.0. The van der Waals surface area contributed by atoms with Gasteiger partial charge >= 0.3 is 0 Å². The summed E-state index contributed by atoms with van der Waals surface area (Å²) in [5.74, 6) is 1.92. The van der Waals surface area contributed by atoms with Crippen LogP contribution in [0.2, 0.25) is 10.0 Å². The van der Waals surface area contributed by atoms with Gasteiger partial charge in [-0.3, -0.25) is 28.7 Å². The summed E-state index contributed by atoms with van der Waals surface area (Å²) in [5.41, 5.74) is 7.96. The van der Waals surface area contributed by atoms with Crippen molar-refractivity contribution in [1.82, 2.24) is 40.2 Å². The summed E-state index contributed by atoms with van der Waals surface area (Å²) < 4.78 is 4.19. The van der Waals surface area contributed by atoms with Gasteiger partial charge in [-0.15, -0.1) is 43.1 Å². The number of thiophene rings is 2. The molecule has 2 N–H and O–H groups in total. The molecule has 0 fully saturated rings. The molecule has 4 aromatic heterocycles. The van der Waals surface area contributed by atoms with E-state index in [1.54, 1.807) is 22.7 Å². The zero-order chi connectivity index (χ0) is 46.1. The van der Waals surface area contributed by atoms with Gasteiger partial charge in [0.2, 0.25) is 11.8 Å². The SMILES string of the molecule is CC[C@@H](C(=O)NCCCCCCCNC(=O)[C@H](CC)[C@@H]1N=C(c2ccc(Cl)cc2)c2c(sc(C)c2C)-n2c(C)nnc21)[C@@H]1N=C(c2ccc(Cl)cc2)c2c(sc(C)c2C)-n2c(C)nnc21. The van der Waals surface area contributed by atoms with E-state index in [0.29, 0.717) is 47.6 Å². The Morgan fingerprint density at radius 3 is 1.32 bits per heavy atom. The fraction of sp³-hybridized carbons (Fsp3) is 0.429. The molecule has 0 saturated heterocycles. The molecule has 16 heteroatoms. The van der Waals surface area contributed by atoms with Crippen LogP contribution in [0.4, 0.5) is 0 Å². The number of amides is 2. The standard InChI is InChI=1S/C49H56Cl2N10O2S2/c1-9-36(42-44-58-56-30(7)60(44)48-38(26(3)28(5)64-48)40(54-42)32-16-20-34(50)21-17-32)46(62)52-24-14-12-11-13-15-25-53-47(63)37(10-2)43-45-59-57-31(8)61(45)49-39(27(4)29(6)65-49)41(55-43)33-18-22-35(51)23-19-33/h16-23,36-37,42-43H,9-15,24-25H2,1-8H3,(H,52,62)(H,53,63)/t36-,37-,42+,43+/m1/s1. The highest BCUT2D eigenvalue weighted by Crippen LogP contribution is 2.43. The van der Waals surface area contributed by atoms with Crippen molar-refractivity contribution in [3.05, 3.63) is 125 Å². The molecular weight excluding hydrogens is 896 g/mol. The molecular formula is C49H56Cl2N10O2S2. The monoisotopic (exact) mass is 950 g/mol. The van der Waals surface area contributed by atoms with E-state index in [1.165, 1.54) is 9.75 Å². The molecule has 0 unspecified atom stereocenters. The molecule has 2 aliphatic rings. The Labute approximate surface area is 399 Å². The predicted molar refractivity (Wildman–Crippen MR) is 263 cm³/mol. The van der Waals surface area contributed by atoms with Crippen molar-refractivity contribution < 1.29 is 9.59 Å². The molecule has 12 nitrogen and oxygen atoms in total. The number of nitrogens with one attached hydrogen (secondary N) is 2. The summed E-state index contributed by atoms with van der Waals surface area (Å²) >= 11 is 16.0. The number of aliphatic imine (C=N–C) groups is 2. The zero-order valence-corrected chi connectivity index (χ0v) is 41.4. The second-order valence-corrected chi connectivity index (χ2v) is 20.3.